The maximum Gasteiger partial charge on any atom is 0.418 e. The SMILES string of the molecule is CS(=O)(=O)c1cc(C(F)(F)F)c2[nH]ccc2c1. The quantitative estimate of drug-likeness (QED) is 0.859. The van der Waals surface area contributed by atoms with Crippen LogP contribution in [0.25, 0.3) is 10.9 Å². The van der Waals surface area contributed by atoms with Gasteiger partial charge in [0.2, 0.25) is 0 Å². The van der Waals surface area contributed by atoms with Gasteiger partial charge in [0.1, 0.15) is 0 Å². The molecule has 0 bridgehead atoms. The first kappa shape index (κ1) is 12.0. The second-order valence-corrected chi connectivity index (χ2v) is 5.70. The normalized spacial score (nSPS) is 13.2. The zero-order chi connectivity index (χ0) is 12.8. The lowest BCUT2D eigenvalue weighted by Crippen LogP contribution is -2.08. The van der Waals surface area contributed by atoms with Gasteiger partial charge in [-0.3, -0.25) is 0 Å². The topological polar surface area (TPSA) is 49.9 Å². The van der Waals surface area contributed by atoms with Gasteiger partial charge < -0.3 is 4.98 Å². The molecule has 1 aromatic heterocycles. The number of hydrogen-bond acceptors (Lipinski definition) is 2. The van der Waals surface area contributed by atoms with Crippen LogP contribution in [-0.4, -0.2) is 19.7 Å². The molecule has 2 rings (SSSR count). The standard InChI is InChI=1S/C10H8F3NO2S/c1-17(15,16)7-4-6-2-3-14-9(6)8(5-7)10(11,12)13/h2-5,14H,1H3. The molecule has 1 heterocycles. The molecule has 1 aromatic carbocycles. The summed E-state index contributed by atoms with van der Waals surface area (Å²) in [5.74, 6) is 0. The Morgan fingerprint density at radius 1 is 1.24 bits per heavy atom. The molecule has 0 saturated heterocycles. The second-order valence-electron chi connectivity index (χ2n) is 3.68. The van der Waals surface area contributed by atoms with Gasteiger partial charge in [0, 0.05) is 17.8 Å². The van der Waals surface area contributed by atoms with Crippen molar-refractivity contribution in [3.05, 3.63) is 30.0 Å². The maximum atomic E-state index is 12.7. The highest BCUT2D eigenvalue weighted by atomic mass is 32.2. The molecular weight excluding hydrogens is 255 g/mol. The van der Waals surface area contributed by atoms with Crippen molar-refractivity contribution < 1.29 is 21.6 Å². The van der Waals surface area contributed by atoms with Gasteiger partial charge in [-0.1, -0.05) is 0 Å². The maximum absolute atomic E-state index is 12.7. The van der Waals surface area contributed by atoms with Crippen molar-refractivity contribution in [2.75, 3.05) is 6.26 Å². The lowest BCUT2D eigenvalue weighted by atomic mass is 10.1. The van der Waals surface area contributed by atoms with Crippen LogP contribution in [0.15, 0.2) is 29.3 Å². The number of alkyl halides is 3. The molecule has 0 aliphatic heterocycles. The van der Waals surface area contributed by atoms with E-state index in [1.54, 1.807) is 0 Å². The zero-order valence-corrected chi connectivity index (χ0v) is 9.48. The molecule has 0 aliphatic carbocycles. The minimum absolute atomic E-state index is 0.107. The summed E-state index contributed by atoms with van der Waals surface area (Å²) in [6, 6.07) is 3.27. The van der Waals surface area contributed by atoms with Crippen molar-refractivity contribution in [3.8, 4) is 0 Å². The van der Waals surface area contributed by atoms with E-state index in [0.29, 0.717) is 6.07 Å². The smallest absolute Gasteiger partial charge is 0.361 e. The van der Waals surface area contributed by atoms with Crippen molar-refractivity contribution in [2.45, 2.75) is 11.1 Å². The third-order valence-corrected chi connectivity index (χ3v) is 3.46. The third kappa shape index (κ3) is 2.14. The summed E-state index contributed by atoms with van der Waals surface area (Å²) >= 11 is 0. The summed E-state index contributed by atoms with van der Waals surface area (Å²) in [6.07, 6.45) is -2.38. The van der Waals surface area contributed by atoms with Gasteiger partial charge in [-0.25, -0.2) is 8.42 Å². The number of hydrogen-bond donors (Lipinski definition) is 1. The number of aromatic nitrogens is 1. The summed E-state index contributed by atoms with van der Waals surface area (Å²) in [4.78, 5) is 2.12. The van der Waals surface area contributed by atoms with E-state index in [9.17, 15) is 21.6 Å². The van der Waals surface area contributed by atoms with Gasteiger partial charge in [-0.2, -0.15) is 13.2 Å². The number of halogens is 3. The van der Waals surface area contributed by atoms with Crippen LogP contribution >= 0.6 is 0 Å². The fourth-order valence-corrected chi connectivity index (χ4v) is 2.25. The molecule has 0 fully saturated rings. The molecule has 1 N–H and O–H groups in total. The van der Waals surface area contributed by atoms with Gasteiger partial charge in [0.05, 0.1) is 16.0 Å². The Morgan fingerprint density at radius 3 is 2.41 bits per heavy atom. The fraction of sp³-hybridized carbons (Fsp3) is 0.200. The van der Waals surface area contributed by atoms with E-state index in [-0.39, 0.29) is 15.8 Å². The highest BCUT2D eigenvalue weighted by Crippen LogP contribution is 2.35. The summed E-state index contributed by atoms with van der Waals surface area (Å²) in [5.41, 5.74) is -1.08. The molecule has 0 aliphatic rings. The Kier molecular flexibility index (Phi) is 2.46. The van der Waals surface area contributed by atoms with Gasteiger partial charge in [0.25, 0.3) is 0 Å². The lowest BCUT2D eigenvalue weighted by Gasteiger charge is -2.10. The minimum Gasteiger partial charge on any atom is -0.361 e. The molecule has 0 unspecified atom stereocenters. The number of fused-ring (bicyclic) bond motifs is 1. The van der Waals surface area contributed by atoms with Crippen molar-refractivity contribution in [2.24, 2.45) is 0 Å². The number of nitrogens with one attached hydrogen (secondary N) is 1. The van der Waals surface area contributed by atoms with E-state index >= 15 is 0 Å². The third-order valence-electron chi connectivity index (χ3n) is 2.37. The zero-order valence-electron chi connectivity index (χ0n) is 8.67. The summed E-state index contributed by atoms with van der Waals surface area (Å²) < 4.78 is 60.8. The Balaban J connectivity index is 2.86. The molecule has 92 valence electrons. The van der Waals surface area contributed by atoms with E-state index in [2.05, 4.69) is 4.98 Å². The number of aromatic amines is 1. The van der Waals surface area contributed by atoms with Gasteiger partial charge in [-0.15, -0.1) is 0 Å². The predicted octanol–water partition coefficient (Wildman–Crippen LogP) is 2.59. The molecule has 3 nitrogen and oxygen atoms in total. The molecular formula is C10H8F3NO2S. The van der Waals surface area contributed by atoms with Crippen molar-refractivity contribution in [1.29, 1.82) is 0 Å². The van der Waals surface area contributed by atoms with E-state index < -0.39 is 21.6 Å². The van der Waals surface area contributed by atoms with Crippen LogP contribution in [0.1, 0.15) is 5.56 Å². The van der Waals surface area contributed by atoms with Crippen LogP contribution in [0.2, 0.25) is 0 Å². The molecule has 0 saturated carbocycles. The Hall–Kier alpha value is -1.50. The van der Waals surface area contributed by atoms with Crippen LogP contribution in [0, 0.1) is 0 Å². The average molecular weight is 263 g/mol. The van der Waals surface area contributed by atoms with Crippen LogP contribution in [0.4, 0.5) is 13.2 Å². The predicted molar refractivity (Wildman–Crippen MR) is 56.4 cm³/mol. The molecule has 7 heteroatoms. The molecule has 2 aromatic rings. The van der Waals surface area contributed by atoms with Crippen LogP contribution < -0.4 is 0 Å². The Bertz CT molecular complexity index is 670. The van der Waals surface area contributed by atoms with E-state index in [4.69, 9.17) is 0 Å². The first-order valence-corrected chi connectivity index (χ1v) is 6.47. The fourth-order valence-electron chi connectivity index (χ4n) is 1.58. The lowest BCUT2D eigenvalue weighted by molar-refractivity contribution is -0.136. The second kappa shape index (κ2) is 3.49. The largest absolute Gasteiger partial charge is 0.418 e. The Labute approximate surface area is 95.2 Å². The van der Waals surface area contributed by atoms with Gasteiger partial charge in [0.15, 0.2) is 9.84 Å². The van der Waals surface area contributed by atoms with Gasteiger partial charge in [-0.05, 0) is 18.2 Å². The van der Waals surface area contributed by atoms with Crippen molar-refractivity contribution in [1.82, 2.24) is 4.98 Å². The monoisotopic (exact) mass is 263 g/mol. The van der Waals surface area contributed by atoms with Crippen molar-refractivity contribution >= 4 is 20.7 Å². The number of benzene rings is 1. The average Bonchev–Trinajstić information content (AvgIpc) is 2.59. The minimum atomic E-state index is -4.59. The van der Waals surface area contributed by atoms with E-state index in [1.165, 1.54) is 18.3 Å². The number of H-pyrrole nitrogens is 1. The molecule has 0 spiro atoms. The summed E-state index contributed by atoms with van der Waals surface area (Å²) in [6.45, 7) is 0. The van der Waals surface area contributed by atoms with Crippen molar-refractivity contribution in [3.63, 3.8) is 0 Å². The first-order chi connectivity index (χ1) is 7.69. The molecule has 0 radical (unpaired) electrons. The van der Waals surface area contributed by atoms with Crippen LogP contribution in [0.3, 0.4) is 0 Å². The van der Waals surface area contributed by atoms with Gasteiger partial charge >= 0.3 is 6.18 Å². The Morgan fingerprint density at radius 2 is 1.88 bits per heavy atom. The molecule has 0 atom stereocenters. The van der Waals surface area contributed by atoms with Crippen LogP contribution in [0.5, 0.6) is 0 Å². The van der Waals surface area contributed by atoms with E-state index in [1.807, 2.05) is 0 Å². The van der Waals surface area contributed by atoms with E-state index in [0.717, 1.165) is 6.26 Å². The summed E-state index contributed by atoms with van der Waals surface area (Å²) in [7, 11) is -3.67. The van der Waals surface area contributed by atoms with Crippen LogP contribution in [-0.2, 0) is 16.0 Å². The first-order valence-electron chi connectivity index (χ1n) is 4.58. The molecule has 0 amide bonds. The highest BCUT2D eigenvalue weighted by Gasteiger charge is 2.34. The number of sulfone groups is 1. The highest BCUT2D eigenvalue weighted by molar-refractivity contribution is 7.90. The summed E-state index contributed by atoms with van der Waals surface area (Å²) in [5, 5.41) is 0.222. The molecule has 17 heavy (non-hydrogen) atoms. The number of rotatable bonds is 1.